The molecule has 2 N–H and O–H groups in total. The zero-order valence-corrected chi connectivity index (χ0v) is 11.3. The third-order valence-corrected chi connectivity index (χ3v) is 2.85. The van der Waals surface area contributed by atoms with Gasteiger partial charge in [0.05, 0.1) is 6.61 Å². The van der Waals surface area contributed by atoms with Gasteiger partial charge >= 0.3 is 0 Å². The van der Waals surface area contributed by atoms with Crippen LogP contribution in [0.3, 0.4) is 0 Å². The molecule has 1 aromatic carbocycles. The van der Waals surface area contributed by atoms with Gasteiger partial charge in [0.15, 0.2) is 0 Å². The summed E-state index contributed by atoms with van der Waals surface area (Å²) in [6.07, 6.45) is 1.02. The molecular weight excluding hydrogens is 232 g/mol. The molecule has 3 nitrogen and oxygen atoms in total. The van der Waals surface area contributed by atoms with Crippen molar-refractivity contribution in [2.24, 2.45) is 5.73 Å². The van der Waals surface area contributed by atoms with Crippen LogP contribution in [0, 0.1) is 0 Å². The lowest BCUT2D eigenvalue weighted by Gasteiger charge is -2.13. The molecule has 0 atom stereocenters. The van der Waals surface area contributed by atoms with E-state index in [0.29, 0.717) is 11.6 Å². The second-order valence-corrected chi connectivity index (χ2v) is 4.43. The summed E-state index contributed by atoms with van der Waals surface area (Å²) in [5.41, 5.74) is 6.41. The second-order valence-electron chi connectivity index (χ2n) is 3.99. The van der Waals surface area contributed by atoms with Gasteiger partial charge < -0.3 is 15.4 Å². The molecule has 0 aliphatic rings. The summed E-state index contributed by atoms with van der Waals surface area (Å²) in [6.45, 7) is 4.97. The minimum atomic E-state index is 0.404. The number of thiocarbonyl (C=S) groups is 1. The lowest BCUT2D eigenvalue weighted by atomic mass is 10.2. The number of nitrogens with two attached hydrogens (primary N) is 1. The maximum Gasteiger partial charge on any atom is 0.119 e. The summed E-state index contributed by atoms with van der Waals surface area (Å²) >= 11 is 4.92. The van der Waals surface area contributed by atoms with Crippen molar-refractivity contribution in [3.63, 3.8) is 0 Å². The molecule has 0 bridgehead atoms. The van der Waals surface area contributed by atoms with Crippen molar-refractivity contribution in [2.45, 2.75) is 13.3 Å². The summed E-state index contributed by atoms with van der Waals surface area (Å²) in [5.74, 6) is 0.828. The van der Waals surface area contributed by atoms with E-state index >= 15 is 0 Å². The molecule has 94 valence electrons. The number of ether oxygens (including phenoxy) is 1. The van der Waals surface area contributed by atoms with Gasteiger partial charge in [-0.2, -0.15) is 0 Å². The molecule has 0 saturated carbocycles. The Balaban J connectivity index is 2.36. The van der Waals surface area contributed by atoms with Gasteiger partial charge in [-0.3, -0.25) is 0 Å². The highest BCUT2D eigenvalue weighted by Crippen LogP contribution is 2.13. The van der Waals surface area contributed by atoms with Crippen LogP contribution in [-0.4, -0.2) is 36.6 Å². The van der Waals surface area contributed by atoms with Gasteiger partial charge in [0.2, 0.25) is 0 Å². The minimum absolute atomic E-state index is 0.404. The average Bonchev–Trinajstić information content (AvgIpc) is 2.34. The predicted octanol–water partition coefficient (Wildman–Crippen LogP) is 2.04. The molecule has 0 heterocycles. The van der Waals surface area contributed by atoms with E-state index in [1.54, 1.807) is 0 Å². The van der Waals surface area contributed by atoms with Crippen molar-refractivity contribution < 1.29 is 4.74 Å². The summed E-state index contributed by atoms with van der Waals surface area (Å²) < 4.78 is 5.65. The number of nitrogens with zero attached hydrogens (tertiary/aromatic N) is 1. The molecule has 0 spiro atoms. The molecule has 1 aromatic rings. The third kappa shape index (κ3) is 5.15. The fraction of sp³-hybridized carbons (Fsp3) is 0.462. The Morgan fingerprint density at radius 1 is 1.47 bits per heavy atom. The first-order valence-corrected chi connectivity index (χ1v) is 6.25. The van der Waals surface area contributed by atoms with E-state index in [2.05, 4.69) is 18.9 Å². The topological polar surface area (TPSA) is 38.5 Å². The molecule has 17 heavy (non-hydrogen) atoms. The van der Waals surface area contributed by atoms with E-state index in [-0.39, 0.29) is 0 Å². The Labute approximate surface area is 109 Å². The number of rotatable bonds is 7. The molecule has 0 amide bonds. The zero-order valence-electron chi connectivity index (χ0n) is 10.5. The summed E-state index contributed by atoms with van der Waals surface area (Å²) in [4.78, 5) is 2.66. The monoisotopic (exact) mass is 252 g/mol. The standard InChI is InChI=1S/C13H20N2OS/c1-3-15(2)8-5-9-16-12-7-4-6-11(10-12)13(14)17/h4,6-7,10H,3,5,8-9H2,1-2H3,(H2,14,17). The average molecular weight is 252 g/mol. The van der Waals surface area contributed by atoms with Crippen LogP contribution >= 0.6 is 12.2 Å². The van der Waals surface area contributed by atoms with Crippen LogP contribution in [0.2, 0.25) is 0 Å². The van der Waals surface area contributed by atoms with Crippen LogP contribution in [0.25, 0.3) is 0 Å². The largest absolute Gasteiger partial charge is 0.494 e. The predicted molar refractivity (Wildman–Crippen MR) is 75.6 cm³/mol. The molecular formula is C13H20N2OS. The minimum Gasteiger partial charge on any atom is -0.494 e. The van der Waals surface area contributed by atoms with Gasteiger partial charge in [-0.05, 0) is 32.1 Å². The van der Waals surface area contributed by atoms with Crippen LogP contribution in [-0.2, 0) is 0 Å². The van der Waals surface area contributed by atoms with E-state index in [1.165, 1.54) is 0 Å². The smallest absolute Gasteiger partial charge is 0.119 e. The summed E-state index contributed by atoms with van der Waals surface area (Å²) in [6, 6.07) is 7.60. The molecule has 0 unspecified atom stereocenters. The molecule has 0 aliphatic heterocycles. The lowest BCUT2D eigenvalue weighted by molar-refractivity contribution is 0.268. The van der Waals surface area contributed by atoms with E-state index < -0.39 is 0 Å². The van der Waals surface area contributed by atoms with Crippen LogP contribution in [0.4, 0.5) is 0 Å². The molecule has 0 radical (unpaired) electrons. The molecule has 4 heteroatoms. The highest BCUT2D eigenvalue weighted by Gasteiger charge is 1.99. The lowest BCUT2D eigenvalue weighted by Crippen LogP contribution is -2.20. The fourth-order valence-electron chi connectivity index (χ4n) is 1.42. The molecule has 0 aliphatic carbocycles. The van der Waals surface area contributed by atoms with Crippen LogP contribution in [0.5, 0.6) is 5.75 Å². The zero-order chi connectivity index (χ0) is 12.7. The quantitative estimate of drug-likeness (QED) is 0.595. The van der Waals surface area contributed by atoms with Crippen LogP contribution < -0.4 is 10.5 Å². The van der Waals surface area contributed by atoms with Gasteiger partial charge in [-0.25, -0.2) is 0 Å². The Kier molecular flexibility index (Phi) is 5.94. The normalized spacial score (nSPS) is 10.5. The number of hydrogen-bond acceptors (Lipinski definition) is 3. The Morgan fingerprint density at radius 3 is 2.88 bits per heavy atom. The summed E-state index contributed by atoms with van der Waals surface area (Å²) in [5, 5.41) is 0. The third-order valence-electron chi connectivity index (χ3n) is 2.61. The first-order valence-electron chi connectivity index (χ1n) is 5.84. The van der Waals surface area contributed by atoms with Crippen LogP contribution in [0.15, 0.2) is 24.3 Å². The Morgan fingerprint density at radius 2 is 2.24 bits per heavy atom. The van der Waals surface area contributed by atoms with Gasteiger partial charge in [-0.1, -0.05) is 31.3 Å². The maximum atomic E-state index is 5.65. The van der Waals surface area contributed by atoms with E-state index in [9.17, 15) is 0 Å². The molecule has 0 aromatic heterocycles. The van der Waals surface area contributed by atoms with Crippen molar-refractivity contribution in [1.29, 1.82) is 0 Å². The molecule has 0 fully saturated rings. The first kappa shape index (κ1) is 13.9. The van der Waals surface area contributed by atoms with Gasteiger partial charge in [-0.15, -0.1) is 0 Å². The number of hydrogen-bond donors (Lipinski definition) is 1. The van der Waals surface area contributed by atoms with E-state index in [0.717, 1.165) is 30.8 Å². The molecule has 1 rings (SSSR count). The van der Waals surface area contributed by atoms with E-state index in [4.69, 9.17) is 22.7 Å². The van der Waals surface area contributed by atoms with Crippen molar-refractivity contribution >= 4 is 17.2 Å². The Bertz CT molecular complexity index is 368. The Hall–Kier alpha value is -1.13. The van der Waals surface area contributed by atoms with E-state index in [1.807, 2.05) is 24.3 Å². The van der Waals surface area contributed by atoms with Gasteiger partial charge in [0.25, 0.3) is 0 Å². The van der Waals surface area contributed by atoms with Crippen molar-refractivity contribution in [1.82, 2.24) is 4.90 Å². The highest BCUT2D eigenvalue weighted by molar-refractivity contribution is 7.80. The fourth-order valence-corrected chi connectivity index (χ4v) is 1.55. The maximum absolute atomic E-state index is 5.65. The molecule has 0 saturated heterocycles. The van der Waals surface area contributed by atoms with Gasteiger partial charge in [0, 0.05) is 12.1 Å². The SMILES string of the molecule is CCN(C)CCCOc1cccc(C(N)=S)c1. The van der Waals surface area contributed by atoms with Crippen LogP contribution in [0.1, 0.15) is 18.9 Å². The highest BCUT2D eigenvalue weighted by atomic mass is 32.1. The van der Waals surface area contributed by atoms with Crippen molar-refractivity contribution in [2.75, 3.05) is 26.7 Å². The second kappa shape index (κ2) is 7.25. The first-order chi connectivity index (χ1) is 8.13. The van der Waals surface area contributed by atoms with Gasteiger partial charge in [0.1, 0.15) is 10.7 Å². The van der Waals surface area contributed by atoms with Crippen molar-refractivity contribution in [3.05, 3.63) is 29.8 Å². The number of benzene rings is 1. The van der Waals surface area contributed by atoms with Crippen molar-refractivity contribution in [3.8, 4) is 5.75 Å². The summed E-state index contributed by atoms with van der Waals surface area (Å²) in [7, 11) is 2.10.